The molecule has 0 spiro atoms. The highest BCUT2D eigenvalue weighted by atomic mass is 16.6. The van der Waals surface area contributed by atoms with Crippen molar-refractivity contribution < 1.29 is 30.0 Å². The van der Waals surface area contributed by atoms with E-state index in [0.29, 0.717) is 0 Å². The van der Waals surface area contributed by atoms with Crippen LogP contribution >= 0.6 is 0 Å². The number of nitrogens with one attached hydrogen (secondary N) is 1. The van der Waals surface area contributed by atoms with Gasteiger partial charge in [0.05, 0.1) is 6.61 Å². The van der Waals surface area contributed by atoms with Crippen molar-refractivity contribution in [3.8, 4) is 0 Å². The van der Waals surface area contributed by atoms with Crippen LogP contribution in [0, 0.1) is 0 Å². The van der Waals surface area contributed by atoms with Gasteiger partial charge >= 0.3 is 0 Å². The second kappa shape index (κ2) is 6.72. The van der Waals surface area contributed by atoms with Gasteiger partial charge in [-0.1, -0.05) is 30.3 Å². The number of amides is 1. The zero-order valence-corrected chi connectivity index (χ0v) is 12.2. The summed E-state index contributed by atoms with van der Waals surface area (Å²) in [7, 11) is 0. The van der Waals surface area contributed by atoms with E-state index in [2.05, 4.69) is 5.32 Å². The predicted molar refractivity (Wildman–Crippen MR) is 76.7 cm³/mol. The van der Waals surface area contributed by atoms with Crippen molar-refractivity contribution in [3.05, 3.63) is 35.9 Å². The number of aliphatic hydroxyl groups is 4. The lowest BCUT2D eigenvalue weighted by Gasteiger charge is -2.49. The van der Waals surface area contributed by atoms with Crippen LogP contribution in [0.2, 0.25) is 0 Å². The lowest BCUT2D eigenvalue weighted by molar-refractivity contribution is -0.283. The number of hydrogen-bond donors (Lipinski definition) is 5. The van der Waals surface area contributed by atoms with Crippen molar-refractivity contribution in [2.45, 2.75) is 43.5 Å². The minimum Gasteiger partial charge on any atom is -0.394 e. The van der Waals surface area contributed by atoms with Gasteiger partial charge in [0.15, 0.2) is 6.29 Å². The Kier molecular flexibility index (Phi) is 5.15. The third-order valence-corrected chi connectivity index (χ3v) is 3.90. The van der Waals surface area contributed by atoms with Crippen molar-refractivity contribution in [3.63, 3.8) is 0 Å². The van der Waals surface area contributed by atoms with Crippen LogP contribution in [-0.4, -0.2) is 63.1 Å². The van der Waals surface area contributed by atoms with Gasteiger partial charge in [-0.15, -0.1) is 0 Å². The zero-order valence-electron chi connectivity index (χ0n) is 12.2. The first-order valence-electron chi connectivity index (χ1n) is 7.04. The van der Waals surface area contributed by atoms with Crippen LogP contribution in [0.1, 0.15) is 12.5 Å². The van der Waals surface area contributed by atoms with Crippen LogP contribution in [-0.2, 0) is 16.0 Å². The molecular weight excluding hydrogens is 290 g/mol. The van der Waals surface area contributed by atoms with Gasteiger partial charge in [-0.05, 0) is 5.56 Å². The quantitative estimate of drug-likeness (QED) is 0.463. The number of benzene rings is 1. The average Bonchev–Trinajstić information content (AvgIpc) is 2.49. The van der Waals surface area contributed by atoms with E-state index in [-0.39, 0.29) is 6.42 Å². The Bertz CT molecular complexity index is 510. The molecule has 0 aliphatic carbocycles. The molecule has 2 rings (SSSR count). The number of hydrogen-bond acceptors (Lipinski definition) is 6. The van der Waals surface area contributed by atoms with E-state index < -0.39 is 42.7 Å². The van der Waals surface area contributed by atoms with E-state index in [4.69, 9.17) is 9.84 Å². The van der Waals surface area contributed by atoms with Crippen LogP contribution in [0.5, 0.6) is 0 Å². The van der Waals surface area contributed by atoms with Crippen LogP contribution in [0.25, 0.3) is 0 Å². The molecule has 1 heterocycles. The van der Waals surface area contributed by atoms with Gasteiger partial charge in [-0.3, -0.25) is 4.79 Å². The summed E-state index contributed by atoms with van der Waals surface area (Å²) in [6.07, 6.45) is -5.58. The number of ether oxygens (including phenoxy) is 1. The Morgan fingerprint density at radius 3 is 2.45 bits per heavy atom. The molecule has 7 nitrogen and oxygen atoms in total. The Morgan fingerprint density at radius 1 is 1.27 bits per heavy atom. The maximum Gasteiger partial charge on any atom is 0.217 e. The maximum atomic E-state index is 11.5. The molecule has 0 radical (unpaired) electrons. The molecule has 1 unspecified atom stereocenters. The summed E-state index contributed by atoms with van der Waals surface area (Å²) in [5, 5.41) is 42.5. The van der Waals surface area contributed by atoms with E-state index in [1.165, 1.54) is 6.92 Å². The van der Waals surface area contributed by atoms with Crippen LogP contribution in [0.3, 0.4) is 0 Å². The molecule has 5 atom stereocenters. The molecule has 5 N–H and O–H groups in total. The van der Waals surface area contributed by atoms with E-state index in [1.807, 2.05) is 6.07 Å². The molecule has 1 aromatic carbocycles. The van der Waals surface area contributed by atoms with Crippen LogP contribution in [0.15, 0.2) is 30.3 Å². The Morgan fingerprint density at radius 2 is 1.91 bits per heavy atom. The summed E-state index contributed by atoms with van der Waals surface area (Å²) in [5.74, 6) is -0.479. The summed E-state index contributed by atoms with van der Waals surface area (Å²) in [6, 6.07) is 8.93. The smallest absolute Gasteiger partial charge is 0.217 e. The van der Waals surface area contributed by atoms with Crippen molar-refractivity contribution >= 4 is 5.91 Å². The first-order chi connectivity index (χ1) is 10.4. The number of rotatable bonds is 4. The molecule has 0 bridgehead atoms. The first kappa shape index (κ1) is 16.9. The molecule has 0 aromatic heterocycles. The normalized spacial score (nSPS) is 35.1. The number of aliphatic hydroxyl groups excluding tert-OH is 4. The third-order valence-electron chi connectivity index (χ3n) is 3.90. The second-order valence-corrected chi connectivity index (χ2v) is 5.53. The van der Waals surface area contributed by atoms with E-state index in [0.717, 1.165) is 5.56 Å². The third kappa shape index (κ3) is 3.13. The largest absolute Gasteiger partial charge is 0.394 e. The zero-order chi connectivity index (χ0) is 16.3. The summed E-state index contributed by atoms with van der Waals surface area (Å²) < 4.78 is 5.19. The SMILES string of the molecule is CC(=O)N[C@@]1(Cc2ccccc2)C(O)O[C@H](CO)[C@H](O)[C@@H]1O. The highest BCUT2D eigenvalue weighted by Gasteiger charge is 2.55. The molecule has 1 aromatic rings. The molecule has 1 amide bonds. The standard InChI is InChI=1S/C15H21NO6/c1-9(18)16-15(7-10-5-3-2-4-6-10)13(20)12(19)11(8-17)22-14(15)21/h2-6,11-14,17,19-21H,7-8H2,1H3,(H,16,18)/t11-,12+,13+,14?,15-/m1/s1. The van der Waals surface area contributed by atoms with Crippen molar-refractivity contribution in [1.29, 1.82) is 0 Å². The highest BCUT2D eigenvalue weighted by molar-refractivity contribution is 5.74. The Hall–Kier alpha value is -1.51. The molecule has 7 heteroatoms. The number of carbonyl (C=O) groups is 1. The van der Waals surface area contributed by atoms with Gasteiger partial charge in [0, 0.05) is 13.3 Å². The fraction of sp³-hybridized carbons (Fsp3) is 0.533. The molecule has 122 valence electrons. The molecule has 0 saturated carbocycles. The maximum absolute atomic E-state index is 11.5. The van der Waals surface area contributed by atoms with Gasteiger partial charge < -0.3 is 30.5 Å². The fourth-order valence-electron chi connectivity index (χ4n) is 2.81. The molecule has 1 saturated heterocycles. The van der Waals surface area contributed by atoms with Crippen molar-refractivity contribution in [2.24, 2.45) is 0 Å². The molecule has 1 aliphatic heterocycles. The number of carbonyl (C=O) groups excluding carboxylic acids is 1. The summed E-state index contributed by atoms with van der Waals surface area (Å²) in [4.78, 5) is 11.5. The Balaban J connectivity index is 2.37. The second-order valence-electron chi connectivity index (χ2n) is 5.53. The van der Waals surface area contributed by atoms with Crippen molar-refractivity contribution in [2.75, 3.05) is 6.61 Å². The lowest BCUT2D eigenvalue weighted by Crippen LogP contribution is -2.74. The minimum absolute atomic E-state index is 0.0605. The Labute approximate surface area is 128 Å². The van der Waals surface area contributed by atoms with E-state index in [9.17, 15) is 20.1 Å². The van der Waals surface area contributed by atoms with Gasteiger partial charge in [-0.2, -0.15) is 0 Å². The topological polar surface area (TPSA) is 119 Å². The van der Waals surface area contributed by atoms with Crippen molar-refractivity contribution in [1.82, 2.24) is 5.32 Å². The molecule has 22 heavy (non-hydrogen) atoms. The van der Waals surface area contributed by atoms with E-state index >= 15 is 0 Å². The summed E-state index contributed by atoms with van der Waals surface area (Å²) in [5.41, 5.74) is -0.856. The average molecular weight is 311 g/mol. The fourth-order valence-corrected chi connectivity index (χ4v) is 2.81. The van der Waals surface area contributed by atoms with Gasteiger partial charge in [0.2, 0.25) is 5.91 Å². The monoisotopic (exact) mass is 311 g/mol. The molecule has 1 fully saturated rings. The van der Waals surface area contributed by atoms with Crippen LogP contribution < -0.4 is 5.32 Å². The summed E-state index contributed by atoms with van der Waals surface area (Å²) >= 11 is 0. The van der Waals surface area contributed by atoms with Gasteiger partial charge in [-0.25, -0.2) is 0 Å². The van der Waals surface area contributed by atoms with E-state index in [1.54, 1.807) is 24.3 Å². The first-order valence-corrected chi connectivity index (χ1v) is 7.04. The van der Waals surface area contributed by atoms with Crippen LogP contribution in [0.4, 0.5) is 0 Å². The van der Waals surface area contributed by atoms with Gasteiger partial charge in [0.1, 0.15) is 23.9 Å². The molecular formula is C15H21NO6. The lowest BCUT2D eigenvalue weighted by atomic mass is 9.78. The highest BCUT2D eigenvalue weighted by Crippen LogP contribution is 2.32. The predicted octanol–water partition coefficient (Wildman–Crippen LogP) is -1.46. The van der Waals surface area contributed by atoms with Gasteiger partial charge in [0.25, 0.3) is 0 Å². The summed E-state index contributed by atoms with van der Waals surface area (Å²) in [6.45, 7) is 0.688. The minimum atomic E-state index is -1.60. The molecule has 1 aliphatic rings.